The maximum absolute atomic E-state index is 10.4. The van der Waals surface area contributed by atoms with Gasteiger partial charge in [0.15, 0.2) is 0 Å². The molecule has 0 aliphatic heterocycles. The molecule has 15 heavy (non-hydrogen) atoms. The lowest BCUT2D eigenvalue weighted by atomic mass is 10.0. The van der Waals surface area contributed by atoms with E-state index in [1.807, 2.05) is 0 Å². The maximum Gasteiger partial charge on any atom is 0.303 e. The van der Waals surface area contributed by atoms with Gasteiger partial charge in [0.1, 0.15) is 0 Å². The van der Waals surface area contributed by atoms with Gasteiger partial charge < -0.3 is 10.4 Å². The Hall–Kier alpha value is -0.570. The number of rotatable bonds is 9. The molecule has 0 aliphatic rings. The minimum Gasteiger partial charge on any atom is -0.481 e. The van der Waals surface area contributed by atoms with Gasteiger partial charge in [-0.2, -0.15) is 0 Å². The molecule has 1 atom stereocenters. The van der Waals surface area contributed by atoms with E-state index in [-0.39, 0.29) is 0 Å². The van der Waals surface area contributed by atoms with Crippen LogP contribution in [0.25, 0.3) is 0 Å². The molecule has 0 saturated heterocycles. The molecule has 3 nitrogen and oxygen atoms in total. The van der Waals surface area contributed by atoms with Gasteiger partial charge in [-0.3, -0.25) is 4.79 Å². The fraction of sp³-hybridized carbons (Fsp3) is 0.917. The predicted molar refractivity (Wildman–Crippen MR) is 63.0 cm³/mol. The quantitative estimate of drug-likeness (QED) is 0.621. The third-order valence-electron chi connectivity index (χ3n) is 2.91. The molecule has 1 unspecified atom stereocenters. The van der Waals surface area contributed by atoms with Gasteiger partial charge in [0.2, 0.25) is 0 Å². The molecule has 0 aromatic heterocycles. The molecule has 3 heteroatoms. The first-order chi connectivity index (χ1) is 7.10. The second-order valence-electron chi connectivity index (χ2n) is 4.29. The van der Waals surface area contributed by atoms with E-state index in [0.717, 1.165) is 19.4 Å². The summed E-state index contributed by atoms with van der Waals surface area (Å²) in [4.78, 5) is 10.4. The number of hydrogen-bond acceptors (Lipinski definition) is 2. The van der Waals surface area contributed by atoms with E-state index in [9.17, 15) is 4.79 Å². The summed E-state index contributed by atoms with van der Waals surface area (Å²) < 4.78 is 0. The first-order valence-electron chi connectivity index (χ1n) is 6.05. The number of nitrogens with one attached hydrogen (secondary N) is 1. The van der Waals surface area contributed by atoms with Crippen LogP contribution < -0.4 is 5.32 Å². The van der Waals surface area contributed by atoms with Crippen LogP contribution in [0.5, 0.6) is 0 Å². The highest BCUT2D eigenvalue weighted by Crippen LogP contribution is 2.09. The van der Waals surface area contributed by atoms with Crippen molar-refractivity contribution in [3.63, 3.8) is 0 Å². The van der Waals surface area contributed by atoms with Crippen molar-refractivity contribution in [2.75, 3.05) is 6.54 Å². The van der Waals surface area contributed by atoms with Gasteiger partial charge in [-0.1, -0.05) is 20.8 Å². The number of aliphatic carboxylic acids is 1. The highest BCUT2D eigenvalue weighted by molar-refractivity contribution is 5.66. The molecule has 0 aromatic rings. The van der Waals surface area contributed by atoms with Crippen LogP contribution in [0, 0.1) is 5.92 Å². The fourth-order valence-corrected chi connectivity index (χ4v) is 1.63. The van der Waals surface area contributed by atoms with Crippen LogP contribution in [0.3, 0.4) is 0 Å². The third-order valence-corrected chi connectivity index (χ3v) is 2.91. The van der Waals surface area contributed by atoms with Crippen LogP contribution in [0.2, 0.25) is 0 Å². The third kappa shape index (κ3) is 8.43. The first kappa shape index (κ1) is 14.4. The van der Waals surface area contributed by atoms with E-state index in [0.29, 0.717) is 18.4 Å². The minimum absolute atomic E-state index is 0.298. The predicted octanol–water partition coefficient (Wildman–Crippen LogP) is 2.66. The van der Waals surface area contributed by atoms with Gasteiger partial charge in [0.25, 0.3) is 0 Å². The van der Waals surface area contributed by atoms with Gasteiger partial charge in [-0.05, 0) is 38.1 Å². The zero-order valence-corrected chi connectivity index (χ0v) is 10.3. The van der Waals surface area contributed by atoms with Gasteiger partial charge in [0.05, 0.1) is 0 Å². The Morgan fingerprint density at radius 2 is 1.87 bits per heavy atom. The Kier molecular flexibility index (Phi) is 8.38. The van der Waals surface area contributed by atoms with Crippen LogP contribution in [-0.4, -0.2) is 23.7 Å². The van der Waals surface area contributed by atoms with Crippen LogP contribution in [0.1, 0.15) is 52.9 Å². The molecule has 0 rings (SSSR count). The zero-order chi connectivity index (χ0) is 11.7. The van der Waals surface area contributed by atoms with Gasteiger partial charge in [0, 0.05) is 12.5 Å². The Morgan fingerprint density at radius 3 is 2.33 bits per heavy atom. The molecule has 0 radical (unpaired) electrons. The zero-order valence-electron chi connectivity index (χ0n) is 10.3. The summed E-state index contributed by atoms with van der Waals surface area (Å²) in [7, 11) is 0. The van der Waals surface area contributed by atoms with E-state index in [1.54, 1.807) is 0 Å². The number of carbonyl (C=O) groups is 1. The molecule has 0 aliphatic carbocycles. The van der Waals surface area contributed by atoms with Crippen LogP contribution in [0.4, 0.5) is 0 Å². The molecule has 0 amide bonds. The summed E-state index contributed by atoms with van der Waals surface area (Å²) in [6, 6.07) is 0.622. The molecule has 0 heterocycles. The lowest BCUT2D eigenvalue weighted by Gasteiger charge is -2.16. The number of carboxylic acid groups (broad SMARTS) is 1. The van der Waals surface area contributed by atoms with Gasteiger partial charge in [-0.25, -0.2) is 0 Å². The Morgan fingerprint density at radius 1 is 1.27 bits per heavy atom. The summed E-state index contributed by atoms with van der Waals surface area (Å²) in [5.41, 5.74) is 0. The summed E-state index contributed by atoms with van der Waals surface area (Å²) >= 11 is 0. The first-order valence-corrected chi connectivity index (χ1v) is 6.05. The van der Waals surface area contributed by atoms with Gasteiger partial charge in [-0.15, -0.1) is 0 Å². The lowest BCUT2D eigenvalue weighted by molar-refractivity contribution is -0.137. The standard InChI is InChI=1S/C12H25NO2/c1-4-11(5-2)13-9-8-10(3)6-7-12(14)15/h10-11,13H,4-9H2,1-3H3,(H,14,15). The van der Waals surface area contributed by atoms with E-state index in [2.05, 4.69) is 26.1 Å². The topological polar surface area (TPSA) is 49.3 Å². The Bertz CT molecular complexity index is 167. The molecule has 0 fully saturated rings. The van der Waals surface area contributed by atoms with Crippen molar-refractivity contribution >= 4 is 5.97 Å². The second kappa shape index (κ2) is 8.72. The number of carboxylic acids is 1. The molecule has 2 N–H and O–H groups in total. The highest BCUT2D eigenvalue weighted by Gasteiger charge is 2.06. The second-order valence-corrected chi connectivity index (χ2v) is 4.29. The molecule has 90 valence electrons. The van der Waals surface area contributed by atoms with E-state index >= 15 is 0 Å². The van der Waals surface area contributed by atoms with E-state index in [1.165, 1.54) is 12.8 Å². The highest BCUT2D eigenvalue weighted by atomic mass is 16.4. The molecular formula is C12H25NO2. The van der Waals surface area contributed by atoms with Crippen molar-refractivity contribution in [1.82, 2.24) is 5.32 Å². The van der Waals surface area contributed by atoms with Crippen molar-refractivity contribution in [2.24, 2.45) is 5.92 Å². The summed E-state index contributed by atoms with van der Waals surface area (Å²) in [6.07, 6.45) is 4.50. The molecule has 0 spiro atoms. The van der Waals surface area contributed by atoms with Crippen molar-refractivity contribution in [2.45, 2.75) is 58.9 Å². The van der Waals surface area contributed by atoms with Crippen molar-refractivity contribution in [1.29, 1.82) is 0 Å². The Balaban J connectivity index is 3.45. The summed E-state index contributed by atoms with van der Waals surface area (Å²) in [6.45, 7) is 7.51. The summed E-state index contributed by atoms with van der Waals surface area (Å²) in [5, 5.41) is 12.0. The van der Waals surface area contributed by atoms with Crippen LogP contribution in [-0.2, 0) is 4.79 Å². The molecule has 0 aromatic carbocycles. The lowest BCUT2D eigenvalue weighted by Crippen LogP contribution is -2.29. The largest absolute Gasteiger partial charge is 0.481 e. The average molecular weight is 215 g/mol. The van der Waals surface area contributed by atoms with E-state index in [4.69, 9.17) is 5.11 Å². The van der Waals surface area contributed by atoms with Gasteiger partial charge >= 0.3 is 5.97 Å². The average Bonchev–Trinajstić information content (AvgIpc) is 2.21. The molecule has 0 saturated carbocycles. The summed E-state index contributed by atoms with van der Waals surface area (Å²) in [5.74, 6) is -0.183. The molecular weight excluding hydrogens is 190 g/mol. The normalized spacial score (nSPS) is 13.1. The van der Waals surface area contributed by atoms with Crippen molar-refractivity contribution in [3.05, 3.63) is 0 Å². The van der Waals surface area contributed by atoms with Crippen LogP contribution >= 0.6 is 0 Å². The smallest absolute Gasteiger partial charge is 0.303 e. The van der Waals surface area contributed by atoms with Crippen molar-refractivity contribution in [3.8, 4) is 0 Å². The number of hydrogen-bond donors (Lipinski definition) is 2. The SMILES string of the molecule is CCC(CC)NCCC(C)CCC(=O)O. The molecule has 0 bridgehead atoms. The van der Waals surface area contributed by atoms with E-state index < -0.39 is 5.97 Å². The fourth-order valence-electron chi connectivity index (χ4n) is 1.63. The Labute approximate surface area is 93.3 Å². The van der Waals surface area contributed by atoms with Crippen molar-refractivity contribution < 1.29 is 9.90 Å². The maximum atomic E-state index is 10.4. The minimum atomic E-state index is -0.685. The van der Waals surface area contributed by atoms with Crippen LogP contribution in [0.15, 0.2) is 0 Å². The monoisotopic (exact) mass is 215 g/mol.